The number of nitrogens with one attached hydrogen (secondary N) is 1. The summed E-state index contributed by atoms with van der Waals surface area (Å²) in [5.41, 5.74) is 1.84. The Morgan fingerprint density at radius 1 is 1.33 bits per heavy atom. The molecule has 1 N–H and O–H groups in total. The van der Waals surface area contributed by atoms with Gasteiger partial charge < -0.3 is 9.88 Å². The first-order valence-electron chi connectivity index (χ1n) is 7.43. The second kappa shape index (κ2) is 6.56. The summed E-state index contributed by atoms with van der Waals surface area (Å²) in [6, 6.07) is 0. The third kappa shape index (κ3) is 3.32. The number of hydrogen-bond donors (Lipinski definition) is 1. The van der Waals surface area contributed by atoms with Crippen LogP contribution in [0, 0.1) is 5.92 Å². The molecule has 0 saturated heterocycles. The average molecular weight is 289 g/mol. The van der Waals surface area contributed by atoms with Crippen molar-refractivity contribution in [1.29, 1.82) is 0 Å². The lowest BCUT2D eigenvalue weighted by Crippen LogP contribution is -2.22. The number of hydrogen-bond acceptors (Lipinski definition) is 4. The van der Waals surface area contributed by atoms with Crippen molar-refractivity contribution < 1.29 is 0 Å². The second-order valence-corrected chi connectivity index (χ2v) is 5.43. The fraction of sp³-hybridized carbons (Fsp3) is 0.533. The predicted octanol–water partition coefficient (Wildman–Crippen LogP) is 2.42. The lowest BCUT2D eigenvalue weighted by atomic mass is 10.2. The number of aromatic nitrogens is 4. The van der Waals surface area contributed by atoms with Gasteiger partial charge in [-0.25, -0.2) is 4.98 Å². The summed E-state index contributed by atoms with van der Waals surface area (Å²) in [7, 11) is 0. The Hall–Kier alpha value is -2.11. The minimum Gasteiger partial charge on any atom is -0.333 e. The highest BCUT2D eigenvalue weighted by Gasteiger charge is 2.12. The van der Waals surface area contributed by atoms with Gasteiger partial charge in [-0.05, 0) is 19.3 Å². The first-order chi connectivity index (χ1) is 10.1. The van der Waals surface area contributed by atoms with E-state index in [1.54, 1.807) is 23.2 Å². The molecule has 21 heavy (non-hydrogen) atoms. The summed E-state index contributed by atoms with van der Waals surface area (Å²) in [4.78, 5) is 16.3. The van der Waals surface area contributed by atoms with Gasteiger partial charge in [0.1, 0.15) is 0 Å². The molecule has 0 spiro atoms. The monoisotopic (exact) mass is 289 g/mol. The summed E-state index contributed by atoms with van der Waals surface area (Å²) in [6.45, 7) is 9.83. The zero-order chi connectivity index (χ0) is 15.4. The van der Waals surface area contributed by atoms with Crippen LogP contribution in [0.4, 0.5) is 11.5 Å². The molecule has 0 aliphatic heterocycles. The van der Waals surface area contributed by atoms with E-state index >= 15 is 0 Å². The van der Waals surface area contributed by atoms with Gasteiger partial charge in [0.2, 0.25) is 0 Å². The van der Waals surface area contributed by atoms with Crippen LogP contribution in [0.2, 0.25) is 0 Å². The standard InChI is InChI=1S/C15H23N5O/c1-5-13-12(9-17-20(13)10-11(3)4)18-14-15(21)19(6-2)8-7-16-14/h7-9,11H,5-6,10H2,1-4H3,(H,16,18). The Kier molecular flexibility index (Phi) is 4.77. The molecule has 0 saturated carbocycles. The van der Waals surface area contributed by atoms with Gasteiger partial charge in [0, 0.05) is 25.5 Å². The van der Waals surface area contributed by atoms with E-state index in [0.29, 0.717) is 18.3 Å². The molecule has 0 atom stereocenters. The van der Waals surface area contributed by atoms with E-state index in [1.807, 2.05) is 11.6 Å². The van der Waals surface area contributed by atoms with Crippen LogP contribution in [-0.2, 0) is 19.5 Å². The van der Waals surface area contributed by atoms with Gasteiger partial charge in [0.05, 0.1) is 17.6 Å². The van der Waals surface area contributed by atoms with Crippen LogP contribution in [0.3, 0.4) is 0 Å². The van der Waals surface area contributed by atoms with E-state index in [2.05, 4.69) is 36.2 Å². The maximum absolute atomic E-state index is 12.2. The van der Waals surface area contributed by atoms with Crippen LogP contribution in [0.25, 0.3) is 0 Å². The molecule has 0 unspecified atom stereocenters. The number of nitrogens with zero attached hydrogens (tertiary/aromatic N) is 4. The lowest BCUT2D eigenvalue weighted by molar-refractivity contribution is 0.470. The fourth-order valence-corrected chi connectivity index (χ4v) is 2.30. The first kappa shape index (κ1) is 15.3. The largest absolute Gasteiger partial charge is 0.333 e. The molecule has 2 rings (SSSR count). The van der Waals surface area contributed by atoms with Gasteiger partial charge in [-0.2, -0.15) is 5.10 Å². The molecular weight excluding hydrogens is 266 g/mol. The Bertz CT molecular complexity index is 656. The normalized spacial score (nSPS) is 11.1. The quantitative estimate of drug-likeness (QED) is 0.887. The van der Waals surface area contributed by atoms with Crippen LogP contribution in [-0.4, -0.2) is 19.3 Å². The molecule has 2 aromatic heterocycles. The minimum absolute atomic E-state index is 0.112. The molecule has 0 bridgehead atoms. The van der Waals surface area contributed by atoms with Gasteiger partial charge in [0.25, 0.3) is 5.56 Å². The first-order valence-corrected chi connectivity index (χ1v) is 7.43. The average Bonchev–Trinajstić information content (AvgIpc) is 2.82. The third-order valence-electron chi connectivity index (χ3n) is 3.33. The lowest BCUT2D eigenvalue weighted by Gasteiger charge is -2.11. The third-order valence-corrected chi connectivity index (χ3v) is 3.33. The van der Waals surface area contributed by atoms with E-state index in [0.717, 1.165) is 24.3 Å². The van der Waals surface area contributed by atoms with E-state index < -0.39 is 0 Å². The smallest absolute Gasteiger partial charge is 0.293 e. The van der Waals surface area contributed by atoms with Gasteiger partial charge >= 0.3 is 0 Å². The van der Waals surface area contributed by atoms with Crippen molar-refractivity contribution in [3.05, 3.63) is 34.6 Å². The number of aryl methyl sites for hydroxylation is 1. The molecule has 0 aromatic carbocycles. The SMILES string of the molecule is CCc1c(Nc2nccn(CC)c2=O)cnn1CC(C)C. The number of rotatable bonds is 6. The molecule has 6 heteroatoms. The molecule has 2 aromatic rings. The summed E-state index contributed by atoms with van der Waals surface area (Å²) in [5.74, 6) is 0.869. The Morgan fingerprint density at radius 3 is 2.71 bits per heavy atom. The maximum Gasteiger partial charge on any atom is 0.293 e. The molecule has 0 aliphatic carbocycles. The van der Waals surface area contributed by atoms with Crippen molar-refractivity contribution in [2.24, 2.45) is 5.92 Å². The minimum atomic E-state index is -0.112. The van der Waals surface area contributed by atoms with E-state index in [4.69, 9.17) is 0 Å². The van der Waals surface area contributed by atoms with Gasteiger partial charge in [-0.1, -0.05) is 20.8 Å². The topological polar surface area (TPSA) is 64.7 Å². The van der Waals surface area contributed by atoms with Crippen molar-refractivity contribution in [1.82, 2.24) is 19.3 Å². The molecule has 0 fully saturated rings. The highest BCUT2D eigenvalue weighted by molar-refractivity contribution is 5.57. The Labute approximate surface area is 124 Å². The summed E-state index contributed by atoms with van der Waals surface area (Å²) in [5, 5.41) is 7.55. The zero-order valence-corrected chi connectivity index (χ0v) is 13.1. The fourth-order valence-electron chi connectivity index (χ4n) is 2.30. The van der Waals surface area contributed by atoms with Crippen molar-refractivity contribution in [3.8, 4) is 0 Å². The predicted molar refractivity (Wildman–Crippen MR) is 83.9 cm³/mol. The van der Waals surface area contributed by atoms with Crippen molar-refractivity contribution in [3.63, 3.8) is 0 Å². The summed E-state index contributed by atoms with van der Waals surface area (Å²) in [6.07, 6.45) is 5.95. The highest BCUT2D eigenvalue weighted by atomic mass is 16.1. The molecule has 114 valence electrons. The molecule has 0 aliphatic rings. The van der Waals surface area contributed by atoms with Crippen LogP contribution >= 0.6 is 0 Å². The van der Waals surface area contributed by atoms with Crippen molar-refractivity contribution >= 4 is 11.5 Å². The van der Waals surface area contributed by atoms with Crippen LogP contribution < -0.4 is 10.9 Å². The van der Waals surface area contributed by atoms with Crippen LogP contribution in [0.5, 0.6) is 0 Å². The summed E-state index contributed by atoms with van der Waals surface area (Å²) >= 11 is 0. The van der Waals surface area contributed by atoms with Crippen LogP contribution in [0.1, 0.15) is 33.4 Å². The number of anilines is 2. The maximum atomic E-state index is 12.2. The molecule has 0 radical (unpaired) electrons. The highest BCUT2D eigenvalue weighted by Crippen LogP contribution is 2.19. The van der Waals surface area contributed by atoms with E-state index in [1.165, 1.54) is 0 Å². The van der Waals surface area contributed by atoms with Gasteiger partial charge in [-0.3, -0.25) is 9.48 Å². The van der Waals surface area contributed by atoms with Gasteiger partial charge in [0.15, 0.2) is 5.82 Å². The van der Waals surface area contributed by atoms with Crippen molar-refractivity contribution in [2.75, 3.05) is 5.32 Å². The van der Waals surface area contributed by atoms with E-state index in [-0.39, 0.29) is 5.56 Å². The van der Waals surface area contributed by atoms with Gasteiger partial charge in [-0.15, -0.1) is 0 Å². The van der Waals surface area contributed by atoms with E-state index in [9.17, 15) is 4.79 Å². The second-order valence-electron chi connectivity index (χ2n) is 5.43. The summed E-state index contributed by atoms with van der Waals surface area (Å²) < 4.78 is 3.62. The Balaban J connectivity index is 2.32. The molecule has 0 amide bonds. The van der Waals surface area contributed by atoms with Crippen LogP contribution in [0.15, 0.2) is 23.4 Å². The zero-order valence-electron chi connectivity index (χ0n) is 13.1. The molecular formula is C15H23N5O. The molecule has 6 nitrogen and oxygen atoms in total. The molecule has 2 heterocycles. The Morgan fingerprint density at radius 2 is 2.10 bits per heavy atom. The van der Waals surface area contributed by atoms with Crippen molar-refractivity contribution in [2.45, 2.75) is 47.2 Å².